The van der Waals surface area contributed by atoms with Crippen molar-refractivity contribution in [2.24, 2.45) is 5.92 Å². The molecule has 3 unspecified atom stereocenters. The van der Waals surface area contributed by atoms with Gasteiger partial charge in [-0.1, -0.05) is 44.2 Å². The molecule has 0 bridgehead atoms. The topological polar surface area (TPSA) is 120 Å². The fraction of sp³-hybridized carbons (Fsp3) is 0.643. The molecule has 0 aromatic heterocycles. The van der Waals surface area contributed by atoms with Crippen LogP contribution in [0.2, 0.25) is 0 Å². The number of hydrogen-bond acceptors (Lipinski definition) is 5. The van der Waals surface area contributed by atoms with Crippen LogP contribution in [0.5, 0.6) is 0 Å². The molecule has 4 N–H and O–H groups in total. The molecule has 0 saturated carbocycles. The van der Waals surface area contributed by atoms with Gasteiger partial charge in [-0.15, -0.1) is 0 Å². The molecule has 2 saturated heterocycles. The summed E-state index contributed by atoms with van der Waals surface area (Å²) in [7, 11) is 0. The van der Waals surface area contributed by atoms with E-state index in [9.17, 15) is 19.2 Å². The van der Waals surface area contributed by atoms with Gasteiger partial charge < -0.3 is 26.2 Å². The monoisotopic (exact) mass is 513 g/mol. The van der Waals surface area contributed by atoms with E-state index in [2.05, 4.69) is 21.3 Å². The Kier molecular flexibility index (Phi) is 9.70. The van der Waals surface area contributed by atoms with Crippen LogP contribution in [0.3, 0.4) is 0 Å². The molecule has 2 fully saturated rings. The average molecular weight is 514 g/mol. The molecule has 0 spiro atoms. The van der Waals surface area contributed by atoms with E-state index in [1.54, 1.807) is 18.7 Å². The maximum absolute atomic E-state index is 13.3. The predicted molar refractivity (Wildman–Crippen MR) is 142 cm³/mol. The van der Waals surface area contributed by atoms with Gasteiger partial charge in [-0.05, 0) is 70.9 Å². The second-order valence-corrected chi connectivity index (χ2v) is 11.2. The lowest BCUT2D eigenvalue weighted by atomic mass is 9.98. The molecule has 4 amide bonds. The SMILES string of the molecule is CC(C)CC(NC(=O)C(C)(C)NC(=O)C1CCCN1C(=O)C1CCCN1)C(=O)N[C@H](C)c1ccccc1. The Balaban J connectivity index is 1.62. The lowest BCUT2D eigenvalue weighted by Gasteiger charge is -2.32. The van der Waals surface area contributed by atoms with E-state index < -0.39 is 23.5 Å². The molecule has 3 rings (SSSR count). The molecule has 1 aromatic carbocycles. The summed E-state index contributed by atoms with van der Waals surface area (Å²) in [6.45, 7) is 10.5. The standard InChI is InChI=1S/C28H43N5O4/c1-18(2)17-22(24(34)30-19(3)20-11-7-6-8-12-20)31-27(37)28(4,5)32-25(35)23-14-10-16-33(23)26(36)21-13-9-15-29-21/h6-8,11-12,18-19,21-23,29H,9-10,13-17H2,1-5H3,(H,30,34)(H,31,37)(H,32,35)/t19-,21?,22?,23?/m1/s1. The summed E-state index contributed by atoms with van der Waals surface area (Å²) in [4.78, 5) is 54.2. The smallest absolute Gasteiger partial charge is 0.245 e. The highest BCUT2D eigenvalue weighted by molar-refractivity contribution is 5.97. The minimum Gasteiger partial charge on any atom is -0.348 e. The van der Waals surface area contributed by atoms with Crippen molar-refractivity contribution in [2.45, 2.75) is 96.4 Å². The van der Waals surface area contributed by atoms with Crippen molar-refractivity contribution in [1.29, 1.82) is 0 Å². The predicted octanol–water partition coefficient (Wildman–Crippen LogP) is 2.03. The summed E-state index contributed by atoms with van der Waals surface area (Å²) in [5.74, 6) is -0.923. The zero-order valence-corrected chi connectivity index (χ0v) is 22.8. The van der Waals surface area contributed by atoms with E-state index in [0.29, 0.717) is 19.4 Å². The number of nitrogens with one attached hydrogen (secondary N) is 4. The van der Waals surface area contributed by atoms with Crippen LogP contribution in [0.15, 0.2) is 30.3 Å². The van der Waals surface area contributed by atoms with Gasteiger partial charge in [0.2, 0.25) is 23.6 Å². The van der Waals surface area contributed by atoms with Crippen LogP contribution in [0.25, 0.3) is 0 Å². The minimum absolute atomic E-state index is 0.0430. The second-order valence-electron chi connectivity index (χ2n) is 11.2. The van der Waals surface area contributed by atoms with Crippen molar-refractivity contribution in [3.05, 3.63) is 35.9 Å². The van der Waals surface area contributed by atoms with E-state index in [-0.39, 0.29) is 35.7 Å². The Morgan fingerprint density at radius 1 is 1.03 bits per heavy atom. The lowest BCUT2D eigenvalue weighted by molar-refractivity contribution is -0.142. The molecule has 1 aromatic rings. The van der Waals surface area contributed by atoms with Crippen LogP contribution in [0, 0.1) is 5.92 Å². The molecular formula is C28H43N5O4. The van der Waals surface area contributed by atoms with Crippen molar-refractivity contribution in [3.8, 4) is 0 Å². The molecule has 2 aliphatic rings. The molecule has 9 nitrogen and oxygen atoms in total. The molecule has 9 heteroatoms. The number of carbonyl (C=O) groups excluding carboxylic acids is 4. The van der Waals surface area contributed by atoms with Crippen LogP contribution >= 0.6 is 0 Å². The molecule has 2 heterocycles. The number of rotatable bonds is 10. The Morgan fingerprint density at radius 3 is 2.35 bits per heavy atom. The Labute approximate surface area is 220 Å². The Bertz CT molecular complexity index is 959. The molecule has 2 aliphatic heterocycles. The Hall–Kier alpha value is -2.94. The zero-order valence-electron chi connectivity index (χ0n) is 22.8. The van der Waals surface area contributed by atoms with Gasteiger partial charge >= 0.3 is 0 Å². The largest absolute Gasteiger partial charge is 0.348 e. The zero-order chi connectivity index (χ0) is 27.2. The van der Waals surface area contributed by atoms with Gasteiger partial charge in [-0.25, -0.2) is 0 Å². The molecular weight excluding hydrogens is 470 g/mol. The number of nitrogens with zero attached hydrogens (tertiary/aromatic N) is 1. The number of hydrogen-bond donors (Lipinski definition) is 4. The van der Waals surface area contributed by atoms with E-state index >= 15 is 0 Å². The summed E-state index contributed by atoms with van der Waals surface area (Å²) in [6.07, 6.45) is 3.50. The van der Waals surface area contributed by atoms with Gasteiger partial charge in [0, 0.05) is 6.54 Å². The third-order valence-corrected chi connectivity index (χ3v) is 7.19. The van der Waals surface area contributed by atoms with Gasteiger partial charge in [0.25, 0.3) is 0 Å². The first-order chi connectivity index (χ1) is 17.5. The second kappa shape index (κ2) is 12.5. The minimum atomic E-state index is -1.26. The van der Waals surface area contributed by atoms with Crippen molar-refractivity contribution in [1.82, 2.24) is 26.2 Å². The molecule has 4 atom stereocenters. The molecule has 0 aliphatic carbocycles. The highest BCUT2D eigenvalue weighted by atomic mass is 16.2. The fourth-order valence-electron chi connectivity index (χ4n) is 5.03. The maximum atomic E-state index is 13.3. The molecule has 37 heavy (non-hydrogen) atoms. The average Bonchev–Trinajstić information content (AvgIpc) is 3.55. The third kappa shape index (κ3) is 7.53. The molecule has 204 valence electrons. The first-order valence-corrected chi connectivity index (χ1v) is 13.5. The normalized spacial score (nSPS) is 21.4. The number of likely N-dealkylation sites (tertiary alicyclic amines) is 1. The number of carbonyl (C=O) groups is 4. The van der Waals surface area contributed by atoms with Crippen molar-refractivity contribution < 1.29 is 19.2 Å². The van der Waals surface area contributed by atoms with E-state index in [1.165, 1.54) is 0 Å². The summed E-state index contributed by atoms with van der Waals surface area (Å²) in [5, 5.41) is 11.9. The van der Waals surface area contributed by atoms with Gasteiger partial charge in [0.1, 0.15) is 17.6 Å². The maximum Gasteiger partial charge on any atom is 0.245 e. The summed E-state index contributed by atoms with van der Waals surface area (Å²) in [5.41, 5.74) is -0.290. The third-order valence-electron chi connectivity index (χ3n) is 7.19. The summed E-state index contributed by atoms with van der Waals surface area (Å²) < 4.78 is 0. The highest BCUT2D eigenvalue weighted by Gasteiger charge is 2.41. The Morgan fingerprint density at radius 2 is 1.73 bits per heavy atom. The lowest BCUT2D eigenvalue weighted by Crippen LogP contribution is -2.62. The highest BCUT2D eigenvalue weighted by Crippen LogP contribution is 2.22. The quantitative estimate of drug-likeness (QED) is 0.382. The first-order valence-electron chi connectivity index (χ1n) is 13.5. The molecule has 0 radical (unpaired) electrons. The van der Waals surface area contributed by atoms with Gasteiger partial charge in [0.15, 0.2) is 0 Å². The van der Waals surface area contributed by atoms with Crippen molar-refractivity contribution in [2.75, 3.05) is 13.1 Å². The first kappa shape index (κ1) is 28.6. The van der Waals surface area contributed by atoms with Crippen LogP contribution in [0.1, 0.15) is 78.3 Å². The van der Waals surface area contributed by atoms with Crippen LogP contribution in [-0.4, -0.2) is 65.3 Å². The van der Waals surface area contributed by atoms with Gasteiger partial charge in [-0.2, -0.15) is 0 Å². The van der Waals surface area contributed by atoms with Crippen LogP contribution in [0.4, 0.5) is 0 Å². The van der Waals surface area contributed by atoms with Gasteiger partial charge in [0.05, 0.1) is 12.1 Å². The number of amides is 4. The van der Waals surface area contributed by atoms with Crippen molar-refractivity contribution in [3.63, 3.8) is 0 Å². The number of benzene rings is 1. The van der Waals surface area contributed by atoms with E-state index in [4.69, 9.17) is 0 Å². The van der Waals surface area contributed by atoms with Crippen LogP contribution in [-0.2, 0) is 19.2 Å². The summed E-state index contributed by atoms with van der Waals surface area (Å²) in [6, 6.07) is 7.85. The van der Waals surface area contributed by atoms with E-state index in [0.717, 1.165) is 31.4 Å². The van der Waals surface area contributed by atoms with Crippen molar-refractivity contribution >= 4 is 23.6 Å². The fourth-order valence-corrected chi connectivity index (χ4v) is 5.03. The summed E-state index contributed by atoms with van der Waals surface area (Å²) >= 11 is 0. The van der Waals surface area contributed by atoms with Gasteiger partial charge in [-0.3, -0.25) is 19.2 Å². The van der Waals surface area contributed by atoms with E-state index in [1.807, 2.05) is 51.1 Å². The van der Waals surface area contributed by atoms with Crippen LogP contribution < -0.4 is 21.3 Å².